The Kier molecular flexibility index (Phi) is 16.0. The van der Waals surface area contributed by atoms with Crippen LogP contribution in [-0.2, 0) is 0 Å². The van der Waals surface area contributed by atoms with E-state index < -0.39 is 0 Å². The first-order valence-electron chi connectivity index (χ1n) is 26.8. The maximum Gasteiger partial charge on any atom is 0.194 e. The number of nitrogens with zero attached hydrogens (tertiary/aromatic N) is 6. The van der Waals surface area contributed by atoms with Gasteiger partial charge in [0.25, 0.3) is 0 Å². The molecule has 0 unspecified atom stereocenters. The fraction of sp³-hybridized carbons (Fsp3) is 0.0135. The van der Waals surface area contributed by atoms with Crippen LogP contribution >= 0.6 is 0 Å². The minimum absolute atomic E-state index is 0.449. The molecule has 0 aliphatic heterocycles. The fourth-order valence-electron chi connectivity index (χ4n) is 9.96. The van der Waals surface area contributed by atoms with Crippen LogP contribution in [0.15, 0.2) is 279 Å². The molecule has 0 aliphatic carbocycles. The highest BCUT2D eigenvalue weighted by atomic mass is 16.5. The van der Waals surface area contributed by atoms with Crippen molar-refractivity contribution < 1.29 is 9.53 Å². The highest BCUT2D eigenvalue weighted by Crippen LogP contribution is 2.42. The summed E-state index contributed by atoms with van der Waals surface area (Å²) in [5.74, 6) is 0.800. The van der Waals surface area contributed by atoms with Crippen molar-refractivity contribution in [1.29, 1.82) is 5.26 Å². The average Bonchev–Trinajstić information content (AvgIpc) is 3.59. The van der Waals surface area contributed by atoms with E-state index in [-0.39, 0.29) is 0 Å². The van der Waals surface area contributed by atoms with E-state index >= 15 is 0 Å². The quantitative estimate of drug-likeness (QED) is 0.0482. The fourth-order valence-corrected chi connectivity index (χ4v) is 9.96. The number of nitriles is 1. The Morgan fingerprint density at radius 2 is 0.646 bits per heavy atom. The second-order valence-electron chi connectivity index (χ2n) is 19.2. The van der Waals surface area contributed by atoms with Crippen LogP contribution in [0.1, 0.15) is 38.2 Å². The number of hydrogen-bond donors (Lipinski definition) is 0. The number of rotatable bonds is 18. The second kappa shape index (κ2) is 24.9. The van der Waals surface area contributed by atoms with Crippen molar-refractivity contribution in [3.8, 4) is 11.8 Å². The minimum Gasteiger partial charge on any atom is -0.497 e. The van der Waals surface area contributed by atoms with Crippen molar-refractivity contribution in [1.82, 2.24) is 0 Å². The van der Waals surface area contributed by atoms with Gasteiger partial charge in [0.05, 0.1) is 25.3 Å². The summed E-state index contributed by atoms with van der Waals surface area (Å²) in [6, 6.07) is 96.3. The van der Waals surface area contributed by atoms with Gasteiger partial charge in [0.1, 0.15) is 12.0 Å². The molecule has 0 aromatic heterocycles. The summed E-state index contributed by atoms with van der Waals surface area (Å²) in [5.41, 5.74) is 16.7. The molecular formula is C74H54N6O2. The molecule has 11 aromatic rings. The van der Waals surface area contributed by atoms with Crippen molar-refractivity contribution in [3.63, 3.8) is 0 Å². The third kappa shape index (κ3) is 11.8. The number of aldehydes is 1. The first-order chi connectivity index (χ1) is 40.5. The van der Waals surface area contributed by atoms with Crippen LogP contribution in [-0.4, -0.2) is 13.4 Å². The Morgan fingerprint density at radius 3 is 0.939 bits per heavy atom. The predicted octanol–water partition coefficient (Wildman–Crippen LogP) is 20.2. The molecule has 392 valence electrons. The molecule has 0 saturated heterocycles. The average molecular weight is 1060 g/mol. The Labute approximate surface area is 479 Å². The van der Waals surface area contributed by atoms with Gasteiger partial charge in [-0.1, -0.05) is 121 Å². The number of methoxy groups -OCH3 is 1. The van der Waals surface area contributed by atoms with E-state index in [1.54, 1.807) is 19.2 Å². The molecule has 0 saturated carbocycles. The standard InChI is InChI=1S/C74H54N6O2/c1-76-74-52-58(31-23-55-25-33-65(34-26-55)77(61-15-7-3-8-16-61)69-43-45-71(46-44-69)80(64-21-13-6-14-22-64)72-47-49-73(82-2)50-48-72)60(53-75)51-59(74)32-24-56-27-35-66(36-28-56)78(62-17-9-4-10-18-62)68-39-41-70(42-40-68)79(63-19-11-5-12-20-63)67-37-29-57(54-81)30-38-67/h3-52,54H,2H3. The van der Waals surface area contributed by atoms with Crippen LogP contribution < -0.4 is 24.3 Å². The predicted molar refractivity (Wildman–Crippen MR) is 339 cm³/mol. The SMILES string of the molecule is [C-]#[N+]c1cc(C=Cc2ccc(N(c3ccccc3)c3ccc(N(c4ccccc4)c4ccc(OC)cc4)cc3)cc2)c(C#N)cc1C=Cc1ccc(N(c2ccccc2)c2ccc(N(c3ccccc3)c3ccc(C=O)cc3)cc2)cc1. The van der Waals surface area contributed by atoms with Gasteiger partial charge in [-0.05, 0) is 204 Å². The minimum atomic E-state index is 0.449. The van der Waals surface area contributed by atoms with E-state index in [4.69, 9.17) is 11.3 Å². The molecule has 0 heterocycles. The Bertz CT molecular complexity index is 4070. The van der Waals surface area contributed by atoms with Gasteiger partial charge in [-0.3, -0.25) is 4.79 Å². The van der Waals surface area contributed by atoms with E-state index in [0.29, 0.717) is 27.9 Å². The maximum absolute atomic E-state index is 11.5. The van der Waals surface area contributed by atoms with Crippen molar-refractivity contribution >= 4 is 105 Å². The summed E-state index contributed by atoms with van der Waals surface area (Å²) < 4.78 is 5.46. The molecule has 0 amide bonds. The highest BCUT2D eigenvalue weighted by Gasteiger charge is 2.19. The summed E-state index contributed by atoms with van der Waals surface area (Å²) in [6.07, 6.45) is 8.62. The molecule has 82 heavy (non-hydrogen) atoms. The summed E-state index contributed by atoms with van der Waals surface area (Å²) in [4.78, 5) is 24.2. The monoisotopic (exact) mass is 1060 g/mol. The topological polar surface area (TPSA) is 67.4 Å². The van der Waals surface area contributed by atoms with Crippen molar-refractivity contribution in [2.75, 3.05) is 26.7 Å². The molecule has 0 fully saturated rings. The lowest BCUT2D eigenvalue weighted by atomic mass is 10.0. The number of carbonyl (C=O) groups excluding carboxylic acids is 1. The van der Waals surface area contributed by atoms with Crippen LogP contribution in [0.25, 0.3) is 29.1 Å². The van der Waals surface area contributed by atoms with Gasteiger partial charge in [0, 0.05) is 73.8 Å². The normalized spacial score (nSPS) is 10.9. The van der Waals surface area contributed by atoms with Gasteiger partial charge in [0.2, 0.25) is 0 Å². The maximum atomic E-state index is 11.5. The van der Waals surface area contributed by atoms with Gasteiger partial charge in [-0.2, -0.15) is 5.26 Å². The van der Waals surface area contributed by atoms with Gasteiger partial charge >= 0.3 is 0 Å². The van der Waals surface area contributed by atoms with Gasteiger partial charge in [0.15, 0.2) is 5.69 Å². The first kappa shape index (κ1) is 52.6. The van der Waals surface area contributed by atoms with Crippen molar-refractivity contribution in [3.05, 3.63) is 324 Å². The molecule has 11 aromatic carbocycles. The molecule has 8 nitrogen and oxygen atoms in total. The molecule has 0 N–H and O–H groups in total. The number of anilines is 12. The zero-order valence-electron chi connectivity index (χ0n) is 44.9. The number of para-hydroxylation sites is 4. The largest absolute Gasteiger partial charge is 0.497 e. The molecule has 8 heteroatoms. The Morgan fingerprint density at radius 1 is 0.366 bits per heavy atom. The van der Waals surface area contributed by atoms with E-state index in [1.165, 1.54) is 0 Å². The first-order valence-corrected chi connectivity index (χ1v) is 26.8. The summed E-state index contributed by atoms with van der Waals surface area (Å²) in [7, 11) is 1.68. The zero-order valence-corrected chi connectivity index (χ0v) is 44.9. The lowest BCUT2D eigenvalue weighted by Gasteiger charge is -2.28. The number of hydrogen-bond acceptors (Lipinski definition) is 7. The Hall–Kier alpha value is -11.5. The number of carbonyl (C=O) groups is 1. The van der Waals surface area contributed by atoms with Gasteiger partial charge in [-0.15, -0.1) is 0 Å². The van der Waals surface area contributed by atoms with E-state index in [2.05, 4.69) is 188 Å². The van der Waals surface area contributed by atoms with E-state index in [1.807, 2.05) is 133 Å². The summed E-state index contributed by atoms with van der Waals surface area (Å²) in [6.45, 7) is 8.15. The van der Waals surface area contributed by atoms with Crippen LogP contribution in [0.4, 0.5) is 73.9 Å². The number of ether oxygens (including phenoxy) is 1. The van der Waals surface area contributed by atoms with Crippen molar-refractivity contribution in [2.45, 2.75) is 0 Å². The molecule has 0 spiro atoms. The van der Waals surface area contributed by atoms with Gasteiger partial charge in [-0.25, -0.2) is 4.85 Å². The Balaban J connectivity index is 0.810. The second-order valence-corrected chi connectivity index (χ2v) is 19.2. The third-order valence-corrected chi connectivity index (χ3v) is 14.1. The molecule has 0 radical (unpaired) electrons. The third-order valence-electron chi connectivity index (χ3n) is 14.1. The van der Waals surface area contributed by atoms with Crippen LogP contribution in [0.3, 0.4) is 0 Å². The lowest BCUT2D eigenvalue weighted by Crippen LogP contribution is -2.12. The molecular weight excluding hydrogens is 1000 g/mol. The number of benzene rings is 11. The molecule has 11 rings (SSSR count). The molecule has 0 atom stereocenters. The van der Waals surface area contributed by atoms with Crippen LogP contribution in [0.5, 0.6) is 5.75 Å². The molecule has 0 bridgehead atoms. The van der Waals surface area contributed by atoms with Crippen LogP contribution in [0.2, 0.25) is 0 Å². The lowest BCUT2D eigenvalue weighted by molar-refractivity contribution is 0.112. The van der Waals surface area contributed by atoms with Crippen LogP contribution in [0, 0.1) is 17.9 Å². The smallest absolute Gasteiger partial charge is 0.194 e. The van der Waals surface area contributed by atoms with Crippen molar-refractivity contribution in [2.24, 2.45) is 0 Å². The highest BCUT2D eigenvalue weighted by molar-refractivity contribution is 5.87. The summed E-state index contributed by atoms with van der Waals surface area (Å²) in [5, 5.41) is 10.4. The van der Waals surface area contributed by atoms with Gasteiger partial charge < -0.3 is 24.3 Å². The van der Waals surface area contributed by atoms with E-state index in [9.17, 15) is 10.1 Å². The van der Waals surface area contributed by atoms with E-state index in [0.717, 1.165) is 91.4 Å². The molecule has 0 aliphatic rings. The summed E-state index contributed by atoms with van der Waals surface area (Å²) >= 11 is 0. The zero-order chi connectivity index (χ0) is 56.0.